The summed E-state index contributed by atoms with van der Waals surface area (Å²) >= 11 is 0. The van der Waals surface area contributed by atoms with E-state index in [1.165, 1.54) is 12.1 Å². The summed E-state index contributed by atoms with van der Waals surface area (Å²) in [7, 11) is 3.88. The Bertz CT molecular complexity index is 540. The molecule has 0 saturated heterocycles. The minimum absolute atomic E-state index is 0.0132. The maximum absolute atomic E-state index is 13.1. The van der Waals surface area contributed by atoms with Crippen LogP contribution in [-0.2, 0) is 6.18 Å². The van der Waals surface area contributed by atoms with E-state index in [4.69, 9.17) is 5.26 Å². The lowest BCUT2D eigenvalue weighted by Crippen LogP contribution is -2.36. The molecule has 0 aromatic heterocycles. The normalized spacial score (nSPS) is 16.6. The van der Waals surface area contributed by atoms with Gasteiger partial charge in [-0.1, -0.05) is 0 Å². The van der Waals surface area contributed by atoms with Gasteiger partial charge in [-0.25, -0.2) is 0 Å². The van der Waals surface area contributed by atoms with Crippen LogP contribution in [0.15, 0.2) is 18.2 Å². The molecule has 114 valence electrons. The summed E-state index contributed by atoms with van der Waals surface area (Å²) in [5.41, 5.74) is -0.733. The molecule has 1 aliphatic rings. The molecule has 1 atom stereocenters. The molecule has 1 N–H and O–H groups in total. The number of likely N-dealkylation sites (N-methyl/N-ethyl adjacent to an activating group) is 1. The number of rotatable bonds is 5. The third-order valence-corrected chi connectivity index (χ3v) is 3.79. The van der Waals surface area contributed by atoms with E-state index in [0.29, 0.717) is 12.5 Å². The predicted octanol–water partition coefficient (Wildman–Crippen LogP) is 3.33. The van der Waals surface area contributed by atoms with Crippen LogP contribution >= 0.6 is 0 Å². The van der Waals surface area contributed by atoms with Crippen molar-refractivity contribution < 1.29 is 13.2 Å². The zero-order valence-electron chi connectivity index (χ0n) is 12.0. The topological polar surface area (TPSA) is 39.1 Å². The Morgan fingerprint density at radius 3 is 2.52 bits per heavy atom. The largest absolute Gasteiger partial charge is 0.418 e. The fraction of sp³-hybridized carbons (Fsp3) is 0.533. The summed E-state index contributed by atoms with van der Waals surface area (Å²) in [5.74, 6) is 0.556. The highest BCUT2D eigenvalue weighted by Crippen LogP contribution is 2.37. The van der Waals surface area contributed by atoms with Gasteiger partial charge in [0.15, 0.2) is 0 Å². The Labute approximate surface area is 122 Å². The van der Waals surface area contributed by atoms with Gasteiger partial charge in [0.25, 0.3) is 0 Å². The molecule has 0 spiro atoms. The second-order valence-corrected chi connectivity index (χ2v) is 5.62. The van der Waals surface area contributed by atoms with E-state index in [2.05, 4.69) is 5.32 Å². The van der Waals surface area contributed by atoms with Crippen LogP contribution in [0.1, 0.15) is 24.0 Å². The van der Waals surface area contributed by atoms with Crippen molar-refractivity contribution >= 4 is 5.69 Å². The molecule has 0 heterocycles. The van der Waals surface area contributed by atoms with Gasteiger partial charge in [0.1, 0.15) is 0 Å². The number of nitrogens with one attached hydrogen (secondary N) is 1. The van der Waals surface area contributed by atoms with Crippen molar-refractivity contribution in [1.82, 2.24) is 4.90 Å². The molecule has 0 bridgehead atoms. The fourth-order valence-electron chi connectivity index (χ4n) is 2.47. The molecule has 6 heteroatoms. The Balaban J connectivity index is 2.17. The van der Waals surface area contributed by atoms with Crippen LogP contribution in [0.4, 0.5) is 18.9 Å². The summed E-state index contributed by atoms with van der Waals surface area (Å²) < 4.78 is 39.2. The first-order valence-corrected chi connectivity index (χ1v) is 6.84. The second kappa shape index (κ2) is 5.94. The van der Waals surface area contributed by atoms with Gasteiger partial charge in [-0.3, -0.25) is 0 Å². The Kier molecular flexibility index (Phi) is 4.43. The van der Waals surface area contributed by atoms with Crippen molar-refractivity contribution in [2.75, 3.05) is 26.0 Å². The highest BCUT2D eigenvalue weighted by atomic mass is 19.4. The highest BCUT2D eigenvalue weighted by molar-refractivity contribution is 5.56. The van der Waals surface area contributed by atoms with Crippen LogP contribution in [0, 0.1) is 17.2 Å². The summed E-state index contributed by atoms with van der Waals surface area (Å²) in [5, 5.41) is 11.6. The van der Waals surface area contributed by atoms with Gasteiger partial charge in [0, 0.05) is 18.3 Å². The second-order valence-electron chi connectivity index (χ2n) is 5.62. The number of hydrogen-bond acceptors (Lipinski definition) is 3. The molecule has 1 fully saturated rings. The van der Waals surface area contributed by atoms with Crippen LogP contribution in [0.3, 0.4) is 0 Å². The molecule has 0 radical (unpaired) electrons. The molecular formula is C15H18F3N3. The lowest BCUT2D eigenvalue weighted by atomic mass is 10.1. The van der Waals surface area contributed by atoms with Gasteiger partial charge in [0.2, 0.25) is 0 Å². The molecule has 1 saturated carbocycles. The molecule has 3 nitrogen and oxygen atoms in total. The van der Waals surface area contributed by atoms with E-state index in [9.17, 15) is 13.2 Å². The SMILES string of the molecule is CN(C)C(CNc1ccc(C#N)cc1C(F)(F)F)C1CC1. The quantitative estimate of drug-likeness (QED) is 0.906. The van der Waals surface area contributed by atoms with E-state index in [1.807, 2.05) is 19.0 Å². The molecule has 1 aromatic rings. The van der Waals surface area contributed by atoms with Crippen molar-refractivity contribution in [2.45, 2.75) is 25.1 Å². The van der Waals surface area contributed by atoms with Crippen molar-refractivity contribution in [3.05, 3.63) is 29.3 Å². The standard InChI is InChI=1S/C15H18F3N3/c1-21(2)14(11-4-5-11)9-20-13-6-3-10(8-19)7-12(13)15(16,17)18/h3,6-7,11,14,20H,4-5,9H2,1-2H3. The van der Waals surface area contributed by atoms with Gasteiger partial charge in [-0.05, 0) is 51.1 Å². The maximum Gasteiger partial charge on any atom is 0.418 e. The average Bonchev–Trinajstić information content (AvgIpc) is 3.22. The Morgan fingerprint density at radius 2 is 2.05 bits per heavy atom. The number of anilines is 1. The maximum atomic E-state index is 13.1. The van der Waals surface area contributed by atoms with Gasteiger partial charge >= 0.3 is 6.18 Å². The zero-order chi connectivity index (χ0) is 15.6. The Morgan fingerprint density at radius 1 is 1.38 bits per heavy atom. The minimum atomic E-state index is -4.47. The molecule has 1 aliphatic carbocycles. The Hall–Kier alpha value is -1.74. The lowest BCUT2D eigenvalue weighted by Gasteiger charge is -2.25. The number of hydrogen-bond donors (Lipinski definition) is 1. The molecular weight excluding hydrogens is 279 g/mol. The summed E-state index contributed by atoms with van der Waals surface area (Å²) in [6.07, 6.45) is -2.21. The highest BCUT2D eigenvalue weighted by Gasteiger charge is 2.35. The molecule has 21 heavy (non-hydrogen) atoms. The molecule has 0 aliphatic heterocycles. The van der Waals surface area contributed by atoms with Gasteiger partial charge in [0.05, 0.1) is 17.2 Å². The number of nitrogens with zero attached hydrogens (tertiary/aromatic N) is 2. The van der Waals surface area contributed by atoms with E-state index < -0.39 is 11.7 Å². The number of benzene rings is 1. The third kappa shape index (κ3) is 3.88. The third-order valence-electron chi connectivity index (χ3n) is 3.79. The van der Waals surface area contributed by atoms with Gasteiger partial charge in [-0.2, -0.15) is 18.4 Å². The number of nitriles is 1. The minimum Gasteiger partial charge on any atom is -0.383 e. The monoisotopic (exact) mass is 297 g/mol. The fourth-order valence-corrected chi connectivity index (χ4v) is 2.47. The first kappa shape index (κ1) is 15.6. The zero-order valence-corrected chi connectivity index (χ0v) is 12.0. The van der Waals surface area contributed by atoms with E-state index in [1.54, 1.807) is 6.07 Å². The number of alkyl halides is 3. The van der Waals surface area contributed by atoms with E-state index >= 15 is 0 Å². The van der Waals surface area contributed by atoms with Crippen molar-refractivity contribution in [3.63, 3.8) is 0 Å². The lowest BCUT2D eigenvalue weighted by molar-refractivity contribution is -0.137. The van der Waals surface area contributed by atoms with Crippen molar-refractivity contribution in [2.24, 2.45) is 5.92 Å². The first-order valence-electron chi connectivity index (χ1n) is 6.84. The van der Waals surface area contributed by atoms with Crippen LogP contribution in [0.25, 0.3) is 0 Å². The molecule has 2 rings (SSSR count). The van der Waals surface area contributed by atoms with Crippen LogP contribution in [0.5, 0.6) is 0 Å². The van der Waals surface area contributed by atoms with Crippen molar-refractivity contribution in [1.29, 1.82) is 5.26 Å². The smallest absolute Gasteiger partial charge is 0.383 e. The summed E-state index contributed by atoms with van der Waals surface area (Å²) in [6, 6.07) is 5.60. The summed E-state index contributed by atoms with van der Waals surface area (Å²) in [6.45, 7) is 0.465. The van der Waals surface area contributed by atoms with Crippen LogP contribution in [0.2, 0.25) is 0 Å². The van der Waals surface area contributed by atoms with Crippen molar-refractivity contribution in [3.8, 4) is 6.07 Å². The predicted molar refractivity (Wildman–Crippen MR) is 74.8 cm³/mol. The van der Waals surface area contributed by atoms with Crippen LogP contribution in [-0.4, -0.2) is 31.6 Å². The molecule has 1 aromatic carbocycles. The van der Waals surface area contributed by atoms with E-state index in [0.717, 1.165) is 18.9 Å². The summed E-state index contributed by atoms with van der Waals surface area (Å²) in [4.78, 5) is 2.04. The van der Waals surface area contributed by atoms with Gasteiger partial charge < -0.3 is 10.2 Å². The molecule has 1 unspecified atom stereocenters. The van der Waals surface area contributed by atoms with Crippen LogP contribution < -0.4 is 5.32 Å². The van der Waals surface area contributed by atoms with E-state index in [-0.39, 0.29) is 17.3 Å². The first-order chi connectivity index (χ1) is 9.82. The average molecular weight is 297 g/mol. The number of halogens is 3. The molecule has 0 amide bonds. The van der Waals surface area contributed by atoms with Gasteiger partial charge in [-0.15, -0.1) is 0 Å².